The SMILES string of the molecule is Cc1cc(C)c(-c2cc(Cl)ccc2C=O)cc1C. The molecule has 0 aliphatic rings. The molecule has 0 radical (unpaired) electrons. The Balaban J connectivity index is 2.72. The molecule has 2 heteroatoms. The number of aldehydes is 1. The summed E-state index contributed by atoms with van der Waals surface area (Å²) in [6, 6.07) is 9.61. The van der Waals surface area contributed by atoms with Crippen LogP contribution in [0.25, 0.3) is 11.1 Å². The maximum Gasteiger partial charge on any atom is 0.150 e. The molecule has 0 saturated heterocycles. The highest BCUT2D eigenvalue weighted by atomic mass is 35.5. The molecule has 0 N–H and O–H groups in total. The highest BCUT2D eigenvalue weighted by Gasteiger charge is 2.09. The van der Waals surface area contributed by atoms with Crippen molar-refractivity contribution in [2.45, 2.75) is 20.8 Å². The van der Waals surface area contributed by atoms with Gasteiger partial charge in [-0.05, 0) is 66.8 Å². The van der Waals surface area contributed by atoms with Crippen LogP contribution in [0.4, 0.5) is 0 Å². The average molecular weight is 259 g/mol. The van der Waals surface area contributed by atoms with Crippen LogP contribution in [0.3, 0.4) is 0 Å². The summed E-state index contributed by atoms with van der Waals surface area (Å²) in [6.07, 6.45) is 0.875. The van der Waals surface area contributed by atoms with E-state index in [1.54, 1.807) is 12.1 Å². The minimum atomic E-state index is 0.647. The molecule has 0 amide bonds. The number of hydrogen-bond acceptors (Lipinski definition) is 1. The lowest BCUT2D eigenvalue weighted by atomic mass is 9.93. The highest BCUT2D eigenvalue weighted by molar-refractivity contribution is 6.31. The molecule has 0 heterocycles. The van der Waals surface area contributed by atoms with Gasteiger partial charge in [0.1, 0.15) is 0 Å². The number of carbonyl (C=O) groups excluding carboxylic acids is 1. The number of rotatable bonds is 2. The molecular formula is C16H15ClO. The topological polar surface area (TPSA) is 17.1 Å². The molecule has 0 spiro atoms. The normalized spacial score (nSPS) is 10.4. The number of halogens is 1. The molecule has 0 aromatic heterocycles. The summed E-state index contributed by atoms with van der Waals surface area (Å²) in [5, 5.41) is 0.647. The van der Waals surface area contributed by atoms with Crippen LogP contribution >= 0.6 is 11.6 Å². The molecule has 0 atom stereocenters. The highest BCUT2D eigenvalue weighted by Crippen LogP contribution is 2.30. The summed E-state index contributed by atoms with van der Waals surface area (Å²) in [5.41, 5.74) is 6.27. The van der Waals surface area contributed by atoms with Gasteiger partial charge in [0, 0.05) is 10.6 Å². The first kappa shape index (κ1) is 12.8. The zero-order valence-electron chi connectivity index (χ0n) is 10.8. The van der Waals surface area contributed by atoms with Gasteiger partial charge in [0.25, 0.3) is 0 Å². The predicted molar refractivity (Wildman–Crippen MR) is 76.5 cm³/mol. The summed E-state index contributed by atoms with van der Waals surface area (Å²) >= 11 is 6.03. The Labute approximate surface area is 112 Å². The zero-order chi connectivity index (χ0) is 13.3. The van der Waals surface area contributed by atoms with E-state index >= 15 is 0 Å². The summed E-state index contributed by atoms with van der Waals surface area (Å²) in [5.74, 6) is 0. The first-order valence-electron chi connectivity index (χ1n) is 5.86. The molecule has 0 bridgehead atoms. The number of aryl methyl sites for hydroxylation is 3. The van der Waals surface area contributed by atoms with E-state index in [2.05, 4.69) is 32.9 Å². The Morgan fingerprint density at radius 2 is 1.56 bits per heavy atom. The summed E-state index contributed by atoms with van der Waals surface area (Å²) < 4.78 is 0. The van der Waals surface area contributed by atoms with E-state index in [-0.39, 0.29) is 0 Å². The molecule has 2 rings (SSSR count). The third kappa shape index (κ3) is 2.32. The van der Waals surface area contributed by atoms with Gasteiger partial charge in [-0.2, -0.15) is 0 Å². The largest absolute Gasteiger partial charge is 0.298 e. The Kier molecular flexibility index (Phi) is 3.53. The number of carbonyl (C=O) groups is 1. The Hall–Kier alpha value is -1.60. The van der Waals surface area contributed by atoms with Crippen LogP contribution in [-0.4, -0.2) is 6.29 Å². The van der Waals surface area contributed by atoms with Crippen molar-refractivity contribution in [1.82, 2.24) is 0 Å². The van der Waals surface area contributed by atoms with Gasteiger partial charge in [0.2, 0.25) is 0 Å². The average Bonchev–Trinajstić information content (AvgIpc) is 2.34. The van der Waals surface area contributed by atoms with E-state index in [1.165, 1.54) is 11.1 Å². The van der Waals surface area contributed by atoms with Crippen molar-refractivity contribution in [3.8, 4) is 11.1 Å². The molecule has 0 unspecified atom stereocenters. The van der Waals surface area contributed by atoms with Gasteiger partial charge in [-0.25, -0.2) is 0 Å². The van der Waals surface area contributed by atoms with Crippen molar-refractivity contribution in [3.05, 3.63) is 57.6 Å². The van der Waals surface area contributed by atoms with Gasteiger partial charge in [-0.15, -0.1) is 0 Å². The van der Waals surface area contributed by atoms with Crippen LogP contribution in [-0.2, 0) is 0 Å². The second-order valence-corrected chi connectivity index (χ2v) is 5.04. The first-order chi connectivity index (χ1) is 8.52. The van der Waals surface area contributed by atoms with Gasteiger partial charge in [-0.3, -0.25) is 4.79 Å². The quantitative estimate of drug-likeness (QED) is 0.711. The van der Waals surface area contributed by atoms with Gasteiger partial charge in [0.05, 0.1) is 0 Å². The zero-order valence-corrected chi connectivity index (χ0v) is 11.5. The van der Waals surface area contributed by atoms with E-state index in [4.69, 9.17) is 11.6 Å². The van der Waals surface area contributed by atoms with Crippen molar-refractivity contribution >= 4 is 17.9 Å². The van der Waals surface area contributed by atoms with Crippen molar-refractivity contribution in [2.24, 2.45) is 0 Å². The van der Waals surface area contributed by atoms with E-state index in [1.807, 2.05) is 6.07 Å². The van der Waals surface area contributed by atoms with Crippen molar-refractivity contribution in [2.75, 3.05) is 0 Å². The minimum Gasteiger partial charge on any atom is -0.298 e. The first-order valence-corrected chi connectivity index (χ1v) is 6.23. The van der Waals surface area contributed by atoms with Gasteiger partial charge in [0.15, 0.2) is 6.29 Å². The molecule has 1 nitrogen and oxygen atoms in total. The lowest BCUT2D eigenvalue weighted by Gasteiger charge is -2.12. The van der Waals surface area contributed by atoms with Gasteiger partial charge >= 0.3 is 0 Å². The lowest BCUT2D eigenvalue weighted by molar-refractivity contribution is 0.112. The van der Waals surface area contributed by atoms with Crippen LogP contribution in [0.15, 0.2) is 30.3 Å². The molecule has 0 aliphatic heterocycles. The molecule has 0 fully saturated rings. The fraction of sp³-hybridized carbons (Fsp3) is 0.188. The summed E-state index contributed by atoms with van der Waals surface area (Å²) in [6.45, 7) is 6.21. The molecule has 0 saturated carbocycles. The van der Waals surface area contributed by atoms with Crippen LogP contribution in [0.1, 0.15) is 27.0 Å². The van der Waals surface area contributed by atoms with Crippen molar-refractivity contribution < 1.29 is 4.79 Å². The molecular weight excluding hydrogens is 244 g/mol. The fourth-order valence-electron chi connectivity index (χ4n) is 2.12. The standard InChI is InChI=1S/C16H15ClO/c1-10-6-12(3)15(7-11(10)2)16-8-14(17)5-4-13(16)9-18/h4-9H,1-3H3. The van der Waals surface area contributed by atoms with Crippen LogP contribution in [0, 0.1) is 20.8 Å². The van der Waals surface area contributed by atoms with Gasteiger partial charge in [-0.1, -0.05) is 23.7 Å². The van der Waals surface area contributed by atoms with Crippen LogP contribution < -0.4 is 0 Å². The second-order valence-electron chi connectivity index (χ2n) is 4.60. The molecule has 2 aromatic rings. The Bertz CT molecular complexity index is 615. The van der Waals surface area contributed by atoms with E-state index in [0.29, 0.717) is 10.6 Å². The maximum absolute atomic E-state index is 11.1. The fourth-order valence-corrected chi connectivity index (χ4v) is 2.29. The molecule has 2 aromatic carbocycles. The Morgan fingerprint density at radius 3 is 2.22 bits per heavy atom. The smallest absolute Gasteiger partial charge is 0.150 e. The monoisotopic (exact) mass is 258 g/mol. The predicted octanol–water partition coefficient (Wildman–Crippen LogP) is 4.74. The van der Waals surface area contributed by atoms with E-state index in [9.17, 15) is 4.79 Å². The van der Waals surface area contributed by atoms with Gasteiger partial charge < -0.3 is 0 Å². The maximum atomic E-state index is 11.1. The Morgan fingerprint density at radius 1 is 0.889 bits per heavy atom. The minimum absolute atomic E-state index is 0.647. The molecule has 92 valence electrons. The van der Waals surface area contributed by atoms with Crippen LogP contribution in [0.2, 0.25) is 5.02 Å². The van der Waals surface area contributed by atoms with E-state index in [0.717, 1.165) is 23.0 Å². The summed E-state index contributed by atoms with van der Waals surface area (Å²) in [4.78, 5) is 11.1. The lowest BCUT2D eigenvalue weighted by Crippen LogP contribution is -1.93. The van der Waals surface area contributed by atoms with E-state index < -0.39 is 0 Å². The number of hydrogen-bond donors (Lipinski definition) is 0. The number of benzene rings is 2. The molecule has 0 aliphatic carbocycles. The summed E-state index contributed by atoms with van der Waals surface area (Å²) in [7, 11) is 0. The van der Waals surface area contributed by atoms with Crippen LogP contribution in [0.5, 0.6) is 0 Å². The second kappa shape index (κ2) is 4.95. The third-order valence-corrected chi connectivity index (χ3v) is 3.51. The molecule has 18 heavy (non-hydrogen) atoms. The van der Waals surface area contributed by atoms with Crippen molar-refractivity contribution in [1.29, 1.82) is 0 Å². The third-order valence-electron chi connectivity index (χ3n) is 3.27. The van der Waals surface area contributed by atoms with Crippen molar-refractivity contribution in [3.63, 3.8) is 0 Å².